The van der Waals surface area contributed by atoms with E-state index >= 15 is 0 Å². The maximum atomic E-state index is 8.99. The second-order valence-electron chi connectivity index (χ2n) is 1.60. The molecule has 0 aliphatic carbocycles. The van der Waals surface area contributed by atoms with Crippen molar-refractivity contribution in [3.05, 3.63) is 24.3 Å². The molecule has 0 bridgehead atoms. The summed E-state index contributed by atoms with van der Waals surface area (Å²) >= 11 is 0. The van der Waals surface area contributed by atoms with Crippen LogP contribution >= 0.6 is 9.03 Å². The number of aromatic hydroxyl groups is 1. The van der Waals surface area contributed by atoms with Gasteiger partial charge in [0.15, 0.2) is 0 Å². The van der Waals surface area contributed by atoms with Crippen LogP contribution in [0.25, 0.3) is 0 Å². The molecule has 46 valence electrons. The lowest BCUT2D eigenvalue weighted by molar-refractivity contribution is 0.477. The molecule has 0 unspecified atom stereocenters. The third-order valence-electron chi connectivity index (χ3n) is 1.00. The van der Waals surface area contributed by atoms with Crippen molar-refractivity contribution in [2.24, 2.45) is 4.74 Å². The summed E-state index contributed by atoms with van der Waals surface area (Å²) in [6, 6.07) is 6.84. The Morgan fingerprint density at radius 1 is 1.33 bits per heavy atom. The number of hydrogen-bond donors (Lipinski definition) is 1. The van der Waals surface area contributed by atoms with Gasteiger partial charge in [0.1, 0.15) is 11.4 Å². The zero-order valence-corrected chi connectivity index (χ0v) is 5.70. The molecular weight excluding hydrogens is 133 g/mol. The quantitative estimate of drug-likeness (QED) is 0.595. The van der Waals surface area contributed by atoms with Crippen LogP contribution in [0.4, 0.5) is 5.69 Å². The Kier molecular flexibility index (Phi) is 1.81. The van der Waals surface area contributed by atoms with Gasteiger partial charge in [-0.3, -0.25) is 0 Å². The van der Waals surface area contributed by atoms with Crippen molar-refractivity contribution in [3.8, 4) is 5.75 Å². The van der Waals surface area contributed by atoms with Crippen LogP contribution in [-0.4, -0.2) is 5.11 Å². The van der Waals surface area contributed by atoms with Crippen LogP contribution in [-0.2, 0) is 0 Å². The molecule has 0 atom stereocenters. The minimum atomic E-state index is 0.188. The molecule has 1 N–H and O–H groups in total. The Hall–Kier alpha value is -0.880. The molecule has 9 heavy (non-hydrogen) atoms. The van der Waals surface area contributed by atoms with Crippen LogP contribution in [0, 0.1) is 0 Å². The van der Waals surface area contributed by atoms with Gasteiger partial charge in [-0.1, -0.05) is 12.1 Å². The largest absolute Gasteiger partial charge is 0.506 e. The summed E-state index contributed by atoms with van der Waals surface area (Å²) < 4.78 is 3.63. The smallest absolute Gasteiger partial charge is 0.141 e. The average Bonchev–Trinajstić information content (AvgIpc) is 1.89. The van der Waals surface area contributed by atoms with Gasteiger partial charge in [-0.15, -0.1) is 0 Å². The van der Waals surface area contributed by atoms with Gasteiger partial charge in [0.25, 0.3) is 0 Å². The third-order valence-corrected chi connectivity index (χ3v) is 1.24. The molecular formula is C6H6NOP. The molecule has 0 aromatic heterocycles. The first kappa shape index (κ1) is 6.24. The van der Waals surface area contributed by atoms with E-state index in [-0.39, 0.29) is 5.75 Å². The monoisotopic (exact) mass is 139 g/mol. The Morgan fingerprint density at radius 3 is 2.44 bits per heavy atom. The van der Waals surface area contributed by atoms with Gasteiger partial charge < -0.3 is 5.11 Å². The fraction of sp³-hybridized carbons (Fsp3) is 0. The summed E-state index contributed by atoms with van der Waals surface area (Å²) in [6.45, 7) is 0. The van der Waals surface area contributed by atoms with Crippen LogP contribution in [0.3, 0.4) is 0 Å². The molecule has 1 aromatic rings. The predicted molar refractivity (Wildman–Crippen MR) is 38.5 cm³/mol. The molecule has 0 saturated heterocycles. The van der Waals surface area contributed by atoms with Gasteiger partial charge >= 0.3 is 0 Å². The minimum absolute atomic E-state index is 0.188. The predicted octanol–water partition coefficient (Wildman–Crippen LogP) is 2.35. The molecule has 0 fully saturated rings. The molecule has 0 aliphatic rings. The van der Waals surface area contributed by atoms with E-state index in [0.717, 1.165) is 0 Å². The van der Waals surface area contributed by atoms with E-state index < -0.39 is 0 Å². The van der Waals surface area contributed by atoms with E-state index in [1.807, 2.05) is 0 Å². The van der Waals surface area contributed by atoms with Crippen molar-refractivity contribution < 1.29 is 5.11 Å². The van der Waals surface area contributed by atoms with E-state index in [9.17, 15) is 0 Å². The Morgan fingerprint density at radius 2 is 2.00 bits per heavy atom. The van der Waals surface area contributed by atoms with Crippen molar-refractivity contribution in [1.82, 2.24) is 0 Å². The van der Waals surface area contributed by atoms with Crippen LogP contribution in [0.15, 0.2) is 29.0 Å². The highest BCUT2D eigenvalue weighted by atomic mass is 31.0. The summed E-state index contributed by atoms with van der Waals surface area (Å²) in [5, 5.41) is 8.99. The van der Waals surface area contributed by atoms with Crippen molar-refractivity contribution in [1.29, 1.82) is 0 Å². The number of nitrogens with zero attached hydrogens (tertiary/aromatic N) is 1. The van der Waals surface area contributed by atoms with Crippen LogP contribution in [0.1, 0.15) is 0 Å². The first-order valence-corrected chi connectivity index (χ1v) is 2.95. The SMILES string of the molecule is Oc1ccccc1N=P. The van der Waals surface area contributed by atoms with E-state index in [4.69, 9.17) is 5.11 Å². The second kappa shape index (κ2) is 2.60. The lowest BCUT2D eigenvalue weighted by Crippen LogP contribution is -1.62. The average molecular weight is 139 g/mol. The Labute approximate surface area is 55.5 Å². The fourth-order valence-electron chi connectivity index (χ4n) is 0.559. The van der Waals surface area contributed by atoms with Crippen molar-refractivity contribution in [2.75, 3.05) is 0 Å². The highest BCUT2D eigenvalue weighted by Gasteiger charge is 1.91. The first-order chi connectivity index (χ1) is 4.34. The number of hydrogen-bond acceptors (Lipinski definition) is 2. The van der Waals surface area contributed by atoms with Crippen LogP contribution in [0.2, 0.25) is 0 Å². The summed E-state index contributed by atoms with van der Waals surface area (Å²) in [4.78, 5) is 0. The number of para-hydroxylation sites is 2. The molecule has 3 heteroatoms. The topological polar surface area (TPSA) is 32.6 Å². The standard InChI is InChI=1S/C6H6NOP/c8-6-4-2-1-3-5(6)7-9/h1-4,8-9H. The van der Waals surface area contributed by atoms with E-state index in [1.54, 1.807) is 24.3 Å². The van der Waals surface area contributed by atoms with E-state index in [2.05, 4.69) is 13.8 Å². The van der Waals surface area contributed by atoms with E-state index in [1.165, 1.54) is 0 Å². The maximum Gasteiger partial charge on any atom is 0.141 e. The Balaban J connectivity index is 3.15. The van der Waals surface area contributed by atoms with Crippen molar-refractivity contribution in [2.45, 2.75) is 0 Å². The third kappa shape index (κ3) is 1.27. The number of phenols is 1. The number of benzene rings is 1. The highest BCUT2D eigenvalue weighted by Crippen LogP contribution is 2.25. The van der Waals surface area contributed by atoms with Crippen molar-refractivity contribution >= 4 is 14.7 Å². The molecule has 0 saturated carbocycles. The molecule has 2 nitrogen and oxygen atoms in total. The zero-order valence-electron chi connectivity index (χ0n) is 4.70. The van der Waals surface area contributed by atoms with E-state index in [0.29, 0.717) is 5.69 Å². The van der Waals surface area contributed by atoms with Crippen LogP contribution < -0.4 is 0 Å². The van der Waals surface area contributed by atoms with Gasteiger partial charge in [0.05, 0.1) is 0 Å². The lowest BCUT2D eigenvalue weighted by atomic mass is 10.3. The molecule has 0 amide bonds. The fourth-order valence-corrected chi connectivity index (χ4v) is 0.748. The first-order valence-electron chi connectivity index (χ1n) is 2.50. The van der Waals surface area contributed by atoms with Gasteiger partial charge in [0, 0.05) is 0 Å². The summed E-state index contributed by atoms with van der Waals surface area (Å²) in [5.74, 6) is 0.188. The summed E-state index contributed by atoms with van der Waals surface area (Å²) in [7, 11) is 2.92. The van der Waals surface area contributed by atoms with Gasteiger partial charge in [0.2, 0.25) is 0 Å². The molecule has 1 rings (SSSR count). The number of rotatable bonds is 1. The Bertz CT molecular complexity index is 224. The summed E-state index contributed by atoms with van der Waals surface area (Å²) in [5.41, 5.74) is 0.550. The van der Waals surface area contributed by atoms with Gasteiger partial charge in [-0.2, -0.15) is 0 Å². The molecule has 0 spiro atoms. The van der Waals surface area contributed by atoms with Gasteiger partial charge in [-0.25, -0.2) is 4.74 Å². The molecule has 0 radical (unpaired) electrons. The molecule has 0 heterocycles. The van der Waals surface area contributed by atoms with Crippen LogP contribution in [0.5, 0.6) is 5.75 Å². The molecule has 0 aliphatic heterocycles. The normalized spacial score (nSPS) is 8.89. The zero-order chi connectivity index (χ0) is 6.69. The van der Waals surface area contributed by atoms with Gasteiger partial charge in [-0.05, 0) is 21.2 Å². The second-order valence-corrected chi connectivity index (χ2v) is 1.82. The van der Waals surface area contributed by atoms with Crippen molar-refractivity contribution in [3.63, 3.8) is 0 Å². The summed E-state index contributed by atoms with van der Waals surface area (Å²) in [6.07, 6.45) is 0. The molecule has 1 aromatic carbocycles. The highest BCUT2D eigenvalue weighted by molar-refractivity contribution is 7.04. The number of phenolic OH excluding ortho intramolecular Hbond substituents is 1. The lowest BCUT2D eigenvalue weighted by Gasteiger charge is -1.92. The minimum Gasteiger partial charge on any atom is -0.506 e. The maximum absolute atomic E-state index is 8.99.